The van der Waals surface area contributed by atoms with E-state index >= 15 is 0 Å². The van der Waals surface area contributed by atoms with E-state index in [9.17, 15) is 14.7 Å². The zero-order valence-electron chi connectivity index (χ0n) is 11.3. The summed E-state index contributed by atoms with van der Waals surface area (Å²) < 4.78 is 0. The van der Waals surface area contributed by atoms with Gasteiger partial charge < -0.3 is 30.6 Å². The van der Waals surface area contributed by atoms with Gasteiger partial charge in [0.25, 0.3) is 0 Å². The van der Waals surface area contributed by atoms with Crippen LogP contribution in [-0.2, 0) is 9.59 Å². The molecule has 0 spiro atoms. The van der Waals surface area contributed by atoms with Crippen LogP contribution in [-0.4, -0.2) is 68.0 Å². The second-order valence-corrected chi connectivity index (χ2v) is 3.86. The fourth-order valence-corrected chi connectivity index (χ4v) is 1.01. The molecule has 0 radical (unpaired) electrons. The molecule has 0 unspecified atom stereocenters. The SMILES string of the molecule is CC(=CC(O)(C=C(C)C(=O)O)CO)C(=O)O.OCCO. The molecule has 0 fully saturated rings. The Labute approximate surface area is 115 Å². The van der Waals surface area contributed by atoms with Gasteiger partial charge in [-0.2, -0.15) is 0 Å². The van der Waals surface area contributed by atoms with Crippen LogP contribution >= 0.6 is 0 Å². The average molecular weight is 292 g/mol. The third-order valence-electron chi connectivity index (χ3n) is 1.96. The van der Waals surface area contributed by atoms with Crippen molar-refractivity contribution in [1.29, 1.82) is 0 Å². The maximum absolute atomic E-state index is 10.5. The highest BCUT2D eigenvalue weighted by Crippen LogP contribution is 2.14. The van der Waals surface area contributed by atoms with Crippen molar-refractivity contribution in [2.24, 2.45) is 0 Å². The summed E-state index contributed by atoms with van der Waals surface area (Å²) in [4.78, 5) is 21.0. The van der Waals surface area contributed by atoms with Crippen LogP contribution in [0.3, 0.4) is 0 Å². The van der Waals surface area contributed by atoms with Crippen molar-refractivity contribution in [2.75, 3.05) is 19.8 Å². The molecule has 0 aromatic rings. The van der Waals surface area contributed by atoms with Gasteiger partial charge in [0.05, 0.1) is 19.8 Å². The summed E-state index contributed by atoms with van der Waals surface area (Å²) in [5.41, 5.74) is -2.36. The van der Waals surface area contributed by atoms with Gasteiger partial charge in [0, 0.05) is 11.1 Å². The van der Waals surface area contributed by atoms with E-state index in [1.165, 1.54) is 13.8 Å². The topological polar surface area (TPSA) is 156 Å². The summed E-state index contributed by atoms with van der Waals surface area (Å²) in [6.45, 7) is 1.40. The molecule has 8 heteroatoms. The molecular weight excluding hydrogens is 272 g/mol. The summed E-state index contributed by atoms with van der Waals surface area (Å²) >= 11 is 0. The molecule has 0 heterocycles. The van der Waals surface area contributed by atoms with Gasteiger partial charge in [0.15, 0.2) is 0 Å². The van der Waals surface area contributed by atoms with Crippen molar-refractivity contribution in [3.05, 3.63) is 23.3 Å². The highest BCUT2D eigenvalue weighted by atomic mass is 16.4. The summed E-state index contributed by atoms with van der Waals surface area (Å²) in [6.07, 6.45) is 1.78. The van der Waals surface area contributed by atoms with Crippen LogP contribution in [0.1, 0.15) is 13.8 Å². The van der Waals surface area contributed by atoms with Crippen molar-refractivity contribution in [2.45, 2.75) is 19.4 Å². The molecule has 6 N–H and O–H groups in total. The number of aliphatic hydroxyl groups excluding tert-OH is 3. The second kappa shape index (κ2) is 10.1. The van der Waals surface area contributed by atoms with E-state index in [1.807, 2.05) is 0 Å². The van der Waals surface area contributed by atoms with Crippen molar-refractivity contribution in [3.63, 3.8) is 0 Å². The first-order chi connectivity index (χ1) is 9.13. The molecule has 0 aliphatic rings. The molecule has 0 rings (SSSR count). The fourth-order valence-electron chi connectivity index (χ4n) is 1.01. The van der Waals surface area contributed by atoms with Gasteiger partial charge in [-0.15, -0.1) is 0 Å². The Balaban J connectivity index is 0. The molecule has 0 aliphatic carbocycles. The van der Waals surface area contributed by atoms with Gasteiger partial charge >= 0.3 is 11.9 Å². The highest BCUT2D eigenvalue weighted by Gasteiger charge is 2.23. The van der Waals surface area contributed by atoms with E-state index in [0.717, 1.165) is 12.2 Å². The summed E-state index contributed by atoms with van der Waals surface area (Å²) in [7, 11) is 0. The number of aliphatic hydroxyl groups is 4. The van der Waals surface area contributed by atoms with Crippen LogP contribution in [0.15, 0.2) is 23.3 Å². The van der Waals surface area contributed by atoms with E-state index < -0.39 is 24.1 Å². The molecule has 0 aliphatic heterocycles. The highest BCUT2D eigenvalue weighted by molar-refractivity contribution is 5.87. The standard InChI is InChI=1S/C10H14O6.C2H6O2/c1-6(8(12)13)3-10(16,5-11)4-7(2)9(14)15;3-1-2-4/h3-4,11,16H,5H2,1-2H3,(H,12,13)(H,14,15);3-4H,1-2H2. The Morgan fingerprint density at radius 3 is 1.35 bits per heavy atom. The van der Waals surface area contributed by atoms with E-state index in [2.05, 4.69) is 0 Å². The van der Waals surface area contributed by atoms with Gasteiger partial charge in [-0.25, -0.2) is 9.59 Å². The van der Waals surface area contributed by atoms with Crippen molar-refractivity contribution in [3.8, 4) is 0 Å². The number of carboxylic acid groups (broad SMARTS) is 2. The summed E-state index contributed by atoms with van der Waals surface area (Å²) in [5.74, 6) is -2.51. The first kappa shape index (κ1) is 20.6. The van der Waals surface area contributed by atoms with Gasteiger partial charge in [-0.05, 0) is 26.0 Å². The van der Waals surface area contributed by atoms with Crippen LogP contribution in [0.5, 0.6) is 0 Å². The quantitative estimate of drug-likeness (QED) is 0.331. The number of hydrogen-bond acceptors (Lipinski definition) is 6. The number of hydrogen-bond donors (Lipinski definition) is 6. The smallest absolute Gasteiger partial charge is 0.331 e. The minimum atomic E-state index is -1.98. The Morgan fingerprint density at radius 1 is 0.900 bits per heavy atom. The second-order valence-electron chi connectivity index (χ2n) is 3.86. The molecular formula is C12H20O8. The maximum Gasteiger partial charge on any atom is 0.331 e. The van der Waals surface area contributed by atoms with E-state index in [0.29, 0.717) is 0 Å². The number of rotatable bonds is 6. The average Bonchev–Trinajstić information content (AvgIpc) is 2.38. The largest absolute Gasteiger partial charge is 0.478 e. The van der Waals surface area contributed by atoms with Gasteiger partial charge in [-0.3, -0.25) is 0 Å². The van der Waals surface area contributed by atoms with Crippen LogP contribution in [0.4, 0.5) is 0 Å². The Morgan fingerprint density at radius 2 is 1.20 bits per heavy atom. The number of aliphatic carboxylic acids is 2. The number of carboxylic acids is 2. The minimum Gasteiger partial charge on any atom is -0.478 e. The normalized spacial score (nSPS) is 14.9. The molecule has 0 atom stereocenters. The molecule has 0 aromatic carbocycles. The molecule has 0 bridgehead atoms. The molecule has 8 nitrogen and oxygen atoms in total. The van der Waals surface area contributed by atoms with Crippen molar-refractivity contribution < 1.29 is 40.2 Å². The lowest BCUT2D eigenvalue weighted by molar-refractivity contribution is -0.133. The number of carbonyl (C=O) groups is 2. The van der Waals surface area contributed by atoms with Crippen molar-refractivity contribution in [1.82, 2.24) is 0 Å². The zero-order chi connectivity index (χ0) is 16.3. The predicted octanol–water partition coefficient (Wildman–Crippen LogP) is -1.26. The Bertz CT molecular complexity index is 351. The Hall–Kier alpha value is -1.74. The first-order valence-electron chi connectivity index (χ1n) is 5.54. The summed E-state index contributed by atoms with van der Waals surface area (Å²) in [6, 6.07) is 0. The monoisotopic (exact) mass is 292 g/mol. The summed E-state index contributed by atoms with van der Waals surface area (Å²) in [5, 5.41) is 51.1. The zero-order valence-corrected chi connectivity index (χ0v) is 11.3. The fraction of sp³-hybridized carbons (Fsp3) is 0.500. The van der Waals surface area contributed by atoms with Gasteiger partial charge in [0.1, 0.15) is 5.60 Å². The Kier molecular flexibility index (Phi) is 10.4. The molecule has 0 aromatic heterocycles. The lowest BCUT2D eigenvalue weighted by atomic mass is 9.99. The van der Waals surface area contributed by atoms with Gasteiger partial charge in [0.2, 0.25) is 0 Å². The van der Waals surface area contributed by atoms with E-state index in [4.69, 9.17) is 25.5 Å². The first-order valence-corrected chi connectivity index (χ1v) is 5.54. The lowest BCUT2D eigenvalue weighted by Gasteiger charge is -2.18. The third kappa shape index (κ3) is 9.22. The van der Waals surface area contributed by atoms with Crippen LogP contribution in [0.25, 0.3) is 0 Å². The maximum atomic E-state index is 10.5. The van der Waals surface area contributed by atoms with Gasteiger partial charge in [-0.1, -0.05) is 0 Å². The van der Waals surface area contributed by atoms with E-state index in [-0.39, 0.29) is 24.4 Å². The molecule has 0 saturated carbocycles. The third-order valence-corrected chi connectivity index (χ3v) is 1.96. The van der Waals surface area contributed by atoms with Crippen LogP contribution in [0, 0.1) is 0 Å². The van der Waals surface area contributed by atoms with Crippen molar-refractivity contribution >= 4 is 11.9 Å². The molecule has 0 amide bonds. The molecule has 116 valence electrons. The predicted molar refractivity (Wildman–Crippen MR) is 69.0 cm³/mol. The van der Waals surface area contributed by atoms with Crippen LogP contribution < -0.4 is 0 Å². The lowest BCUT2D eigenvalue weighted by Crippen LogP contribution is -2.30. The van der Waals surface area contributed by atoms with Crippen LogP contribution in [0.2, 0.25) is 0 Å². The van der Waals surface area contributed by atoms with E-state index in [1.54, 1.807) is 0 Å². The minimum absolute atomic E-state index is 0.125. The molecule has 0 saturated heterocycles. The molecule has 20 heavy (non-hydrogen) atoms.